The second-order valence-electron chi connectivity index (χ2n) is 7.41. The molecule has 160 valence electrons. The molecule has 3 heterocycles. The largest absolute Gasteiger partial charge is 0.507 e. The number of carbonyl (C=O) groups is 1. The van der Waals surface area contributed by atoms with Crippen LogP contribution in [0, 0.1) is 0 Å². The van der Waals surface area contributed by atoms with Gasteiger partial charge in [-0.1, -0.05) is 30.3 Å². The number of thioether (sulfide) groups is 1. The van der Waals surface area contributed by atoms with E-state index in [1.54, 1.807) is 24.4 Å². The van der Waals surface area contributed by atoms with E-state index in [0.29, 0.717) is 28.9 Å². The van der Waals surface area contributed by atoms with Gasteiger partial charge < -0.3 is 9.67 Å². The molecule has 1 aliphatic rings. The van der Waals surface area contributed by atoms with Gasteiger partial charge in [-0.05, 0) is 36.4 Å². The van der Waals surface area contributed by atoms with Gasteiger partial charge in [-0.25, -0.2) is 4.98 Å². The van der Waals surface area contributed by atoms with Crippen molar-refractivity contribution in [2.75, 3.05) is 11.1 Å². The van der Waals surface area contributed by atoms with Crippen LogP contribution in [0.5, 0.6) is 5.75 Å². The highest BCUT2D eigenvalue weighted by molar-refractivity contribution is 8.14. The number of aromatic hydroxyl groups is 1. The van der Waals surface area contributed by atoms with Crippen LogP contribution >= 0.6 is 11.8 Å². The lowest BCUT2D eigenvalue weighted by atomic mass is 10.2. The van der Waals surface area contributed by atoms with Crippen molar-refractivity contribution in [2.24, 2.45) is 4.99 Å². The van der Waals surface area contributed by atoms with Crippen molar-refractivity contribution in [1.82, 2.24) is 14.5 Å². The second-order valence-corrected chi connectivity index (χ2v) is 8.42. The van der Waals surface area contributed by atoms with Crippen molar-refractivity contribution in [3.63, 3.8) is 0 Å². The summed E-state index contributed by atoms with van der Waals surface area (Å²) in [6.45, 7) is 0.638. The first-order valence-corrected chi connectivity index (χ1v) is 11.3. The minimum Gasteiger partial charge on any atom is -0.507 e. The van der Waals surface area contributed by atoms with Gasteiger partial charge in [-0.3, -0.25) is 20.1 Å². The maximum absolute atomic E-state index is 13.0. The number of amides is 1. The van der Waals surface area contributed by atoms with E-state index >= 15 is 0 Å². The zero-order valence-corrected chi connectivity index (χ0v) is 18.0. The monoisotopic (exact) mass is 443 g/mol. The predicted molar refractivity (Wildman–Crippen MR) is 127 cm³/mol. The zero-order chi connectivity index (χ0) is 21.9. The summed E-state index contributed by atoms with van der Waals surface area (Å²) in [5.41, 5.74) is 3.41. The number of hydrogen-bond donors (Lipinski definition) is 2. The molecule has 0 spiro atoms. The summed E-state index contributed by atoms with van der Waals surface area (Å²) in [5, 5.41) is 13.7. The fourth-order valence-electron chi connectivity index (χ4n) is 3.67. The van der Waals surface area contributed by atoms with Gasteiger partial charge in [-0.2, -0.15) is 0 Å². The van der Waals surface area contributed by atoms with Crippen molar-refractivity contribution in [1.29, 1.82) is 0 Å². The number of anilines is 1. The number of hydrogen-bond acceptors (Lipinski definition) is 6. The standard InChI is InChI=1S/C24H21N5O2S/c30-21-11-4-1-8-17(21)23-26-19(15-32-23)22(31)28-24-27-18-9-2-3-10-20(18)29(24)14-12-16-7-5-6-13-25-16/h1-11,13,19,30H,12,14-15H2,(H,27,28,31). The fraction of sp³-hybridized carbons (Fsp3) is 0.167. The van der Waals surface area contributed by atoms with Gasteiger partial charge in [0.05, 0.1) is 11.0 Å². The van der Waals surface area contributed by atoms with Gasteiger partial charge >= 0.3 is 0 Å². The number of rotatable bonds is 6. The number of carbonyl (C=O) groups excluding carboxylic acids is 1. The van der Waals surface area contributed by atoms with E-state index in [0.717, 1.165) is 23.1 Å². The van der Waals surface area contributed by atoms with E-state index in [1.165, 1.54) is 11.8 Å². The van der Waals surface area contributed by atoms with Crippen LogP contribution < -0.4 is 5.32 Å². The molecule has 2 aromatic heterocycles. The third-order valence-corrected chi connectivity index (χ3v) is 6.38. The Labute approximate surface area is 189 Å². The van der Waals surface area contributed by atoms with E-state index in [9.17, 15) is 9.90 Å². The summed E-state index contributed by atoms with van der Waals surface area (Å²) in [5.74, 6) is 0.973. The fourth-order valence-corrected chi connectivity index (χ4v) is 4.74. The molecule has 1 aliphatic heterocycles. The molecule has 4 aromatic rings. The maximum atomic E-state index is 13.0. The summed E-state index contributed by atoms with van der Waals surface area (Å²) in [6, 6.07) is 20.2. The quantitative estimate of drug-likeness (QED) is 0.472. The number of pyridine rings is 1. The number of phenolic OH excluding ortho intramolecular Hbond substituents is 1. The Hall–Kier alpha value is -3.65. The first-order chi connectivity index (χ1) is 15.7. The molecule has 5 rings (SSSR count). The molecule has 2 aromatic carbocycles. The van der Waals surface area contributed by atoms with Gasteiger partial charge in [0.15, 0.2) is 0 Å². The number of aromatic nitrogens is 3. The van der Waals surface area contributed by atoms with Gasteiger partial charge in [0.1, 0.15) is 16.8 Å². The van der Waals surface area contributed by atoms with Gasteiger partial charge in [-0.15, -0.1) is 11.8 Å². The maximum Gasteiger partial charge on any atom is 0.252 e. The lowest BCUT2D eigenvalue weighted by molar-refractivity contribution is -0.116. The van der Waals surface area contributed by atoms with E-state index in [4.69, 9.17) is 0 Å². The lowest BCUT2D eigenvalue weighted by Crippen LogP contribution is -2.28. The number of phenols is 1. The first kappa shape index (κ1) is 20.3. The summed E-state index contributed by atoms with van der Waals surface area (Å²) >= 11 is 1.47. The molecule has 0 fully saturated rings. The third-order valence-electron chi connectivity index (χ3n) is 5.30. The number of nitrogens with one attached hydrogen (secondary N) is 1. The number of nitrogens with zero attached hydrogens (tertiary/aromatic N) is 4. The highest BCUT2D eigenvalue weighted by Gasteiger charge is 2.28. The smallest absolute Gasteiger partial charge is 0.252 e. The molecule has 2 N–H and O–H groups in total. The molecule has 0 radical (unpaired) electrons. The highest BCUT2D eigenvalue weighted by Crippen LogP contribution is 2.29. The van der Waals surface area contributed by atoms with Crippen LogP contribution in [0.25, 0.3) is 11.0 Å². The molecule has 8 heteroatoms. The Bertz CT molecular complexity index is 1300. The molecule has 0 saturated heterocycles. The minimum atomic E-state index is -0.543. The van der Waals surface area contributed by atoms with Crippen molar-refractivity contribution >= 4 is 39.7 Å². The number of para-hydroxylation sites is 3. The molecular weight excluding hydrogens is 422 g/mol. The number of aliphatic imine (C=N–C) groups is 1. The summed E-state index contributed by atoms with van der Waals surface area (Å²) < 4.78 is 2.01. The molecule has 0 aliphatic carbocycles. The number of fused-ring (bicyclic) bond motifs is 1. The second kappa shape index (κ2) is 8.84. The number of benzene rings is 2. The van der Waals surface area contributed by atoms with Crippen LogP contribution in [0.1, 0.15) is 11.3 Å². The van der Waals surface area contributed by atoms with E-state index in [2.05, 4.69) is 20.3 Å². The molecule has 1 unspecified atom stereocenters. The third kappa shape index (κ3) is 4.09. The Morgan fingerprint density at radius 3 is 2.75 bits per heavy atom. The molecule has 1 atom stereocenters. The van der Waals surface area contributed by atoms with Crippen molar-refractivity contribution < 1.29 is 9.90 Å². The van der Waals surface area contributed by atoms with Crippen LogP contribution in [0.4, 0.5) is 5.95 Å². The van der Waals surface area contributed by atoms with Crippen LogP contribution in [0.15, 0.2) is 77.9 Å². The first-order valence-electron chi connectivity index (χ1n) is 10.3. The van der Waals surface area contributed by atoms with Crippen molar-refractivity contribution in [3.8, 4) is 5.75 Å². The Morgan fingerprint density at radius 1 is 1.09 bits per heavy atom. The predicted octanol–water partition coefficient (Wildman–Crippen LogP) is 3.88. The van der Waals surface area contributed by atoms with E-state index in [1.807, 2.05) is 53.1 Å². The van der Waals surface area contributed by atoms with Gasteiger partial charge in [0.2, 0.25) is 5.95 Å². The van der Waals surface area contributed by atoms with Crippen LogP contribution in [-0.4, -0.2) is 42.4 Å². The SMILES string of the molecule is O=C(Nc1nc2ccccc2n1CCc1ccccn1)C1CSC(c2ccccc2O)=N1. The van der Waals surface area contributed by atoms with E-state index in [-0.39, 0.29) is 11.7 Å². The molecule has 0 saturated carbocycles. The molecule has 1 amide bonds. The minimum absolute atomic E-state index is 0.163. The summed E-state index contributed by atoms with van der Waals surface area (Å²) in [4.78, 5) is 26.6. The lowest BCUT2D eigenvalue weighted by Gasteiger charge is -2.11. The average molecular weight is 444 g/mol. The summed E-state index contributed by atoms with van der Waals surface area (Å²) in [6.07, 6.45) is 2.50. The van der Waals surface area contributed by atoms with Gasteiger partial charge in [0.25, 0.3) is 5.91 Å². The van der Waals surface area contributed by atoms with E-state index < -0.39 is 6.04 Å². The van der Waals surface area contributed by atoms with Crippen LogP contribution in [0.2, 0.25) is 0 Å². The molecular formula is C24H21N5O2S. The van der Waals surface area contributed by atoms with Crippen molar-refractivity contribution in [3.05, 3.63) is 84.2 Å². The Balaban J connectivity index is 1.38. The van der Waals surface area contributed by atoms with Crippen LogP contribution in [0.3, 0.4) is 0 Å². The topological polar surface area (TPSA) is 92.4 Å². The normalized spacial score (nSPS) is 15.6. The highest BCUT2D eigenvalue weighted by atomic mass is 32.2. The van der Waals surface area contributed by atoms with Gasteiger partial charge in [0, 0.05) is 36.2 Å². The average Bonchev–Trinajstić information content (AvgIpc) is 3.44. The summed E-state index contributed by atoms with van der Waals surface area (Å²) in [7, 11) is 0. The number of aryl methyl sites for hydroxylation is 2. The zero-order valence-electron chi connectivity index (χ0n) is 17.2. The molecule has 0 bridgehead atoms. The molecule has 32 heavy (non-hydrogen) atoms. The number of imidazole rings is 1. The van der Waals surface area contributed by atoms with Crippen LogP contribution in [-0.2, 0) is 17.8 Å². The Kier molecular flexibility index (Phi) is 5.60. The van der Waals surface area contributed by atoms with Crippen molar-refractivity contribution in [2.45, 2.75) is 19.0 Å². The molecule has 7 nitrogen and oxygen atoms in total. The Morgan fingerprint density at radius 2 is 1.91 bits per heavy atom.